The van der Waals surface area contributed by atoms with Crippen LogP contribution < -0.4 is 25.8 Å². The highest BCUT2D eigenvalue weighted by Crippen LogP contribution is 2.39. The molecule has 0 aliphatic carbocycles. The van der Waals surface area contributed by atoms with E-state index in [4.69, 9.17) is 4.74 Å². The van der Waals surface area contributed by atoms with Gasteiger partial charge in [0, 0.05) is 74.1 Å². The highest BCUT2D eigenvalue weighted by Gasteiger charge is 2.35. The van der Waals surface area contributed by atoms with E-state index in [1.54, 1.807) is 43.5 Å². The van der Waals surface area contributed by atoms with E-state index in [-0.39, 0.29) is 29.3 Å². The number of fused-ring (bicyclic) bond motifs is 4. The Morgan fingerprint density at radius 1 is 0.830 bits per heavy atom. The molecule has 3 aliphatic heterocycles. The number of hydrogen-bond acceptors (Lipinski definition) is 6. The van der Waals surface area contributed by atoms with Crippen LogP contribution in [0.5, 0.6) is 5.75 Å². The summed E-state index contributed by atoms with van der Waals surface area (Å²) in [5, 5.41) is 6.37. The number of anilines is 2. The number of rotatable bonds is 8. The molecule has 2 fully saturated rings. The number of amides is 2. The number of benzene rings is 3. The molecule has 47 heavy (non-hydrogen) atoms. The average molecular weight is 632 g/mol. The molecular weight excluding hydrogens is 590 g/mol. The molecule has 2 amide bonds. The Bertz CT molecular complexity index is 1800. The minimum Gasteiger partial charge on any atom is -0.497 e. The minimum atomic E-state index is -0.258. The van der Waals surface area contributed by atoms with E-state index in [1.165, 1.54) is 5.56 Å². The van der Waals surface area contributed by atoms with Gasteiger partial charge in [0.15, 0.2) is 0 Å². The Labute approximate surface area is 275 Å². The molecular formula is C38H41N5O4. The van der Waals surface area contributed by atoms with E-state index in [2.05, 4.69) is 50.8 Å². The van der Waals surface area contributed by atoms with Crippen LogP contribution >= 0.6 is 0 Å². The molecule has 7 rings (SSSR count). The van der Waals surface area contributed by atoms with Gasteiger partial charge in [0.1, 0.15) is 5.75 Å². The zero-order valence-electron chi connectivity index (χ0n) is 26.7. The number of hydrogen-bond donors (Lipinski definition) is 2. The second kappa shape index (κ2) is 13.5. The first kappa shape index (κ1) is 30.7. The van der Waals surface area contributed by atoms with Crippen molar-refractivity contribution in [3.63, 3.8) is 0 Å². The Balaban J connectivity index is 1.09. The van der Waals surface area contributed by atoms with Gasteiger partial charge in [0.25, 0.3) is 17.4 Å². The van der Waals surface area contributed by atoms with E-state index in [0.717, 1.165) is 63.4 Å². The van der Waals surface area contributed by atoms with Crippen molar-refractivity contribution in [1.29, 1.82) is 0 Å². The topological polar surface area (TPSA) is 95.9 Å². The molecule has 2 N–H and O–H groups in total. The normalized spacial score (nSPS) is 19.5. The van der Waals surface area contributed by atoms with Gasteiger partial charge < -0.3 is 24.8 Å². The molecule has 2 saturated heterocycles. The van der Waals surface area contributed by atoms with Crippen LogP contribution in [-0.4, -0.2) is 60.6 Å². The van der Waals surface area contributed by atoms with Crippen LogP contribution in [0, 0.1) is 5.92 Å². The lowest BCUT2D eigenvalue weighted by molar-refractivity contribution is 0.0908. The van der Waals surface area contributed by atoms with Crippen LogP contribution in [0.2, 0.25) is 0 Å². The van der Waals surface area contributed by atoms with Gasteiger partial charge in [-0.1, -0.05) is 36.4 Å². The number of carbonyl (C=O) groups is 2. The maximum Gasteiger partial charge on any atom is 0.255 e. The van der Waals surface area contributed by atoms with Crippen molar-refractivity contribution in [3.05, 3.63) is 124 Å². The largest absolute Gasteiger partial charge is 0.497 e. The van der Waals surface area contributed by atoms with Crippen LogP contribution in [0.1, 0.15) is 57.2 Å². The molecule has 3 aliphatic rings. The van der Waals surface area contributed by atoms with Gasteiger partial charge in [0.2, 0.25) is 0 Å². The lowest BCUT2D eigenvalue weighted by Gasteiger charge is -2.44. The van der Waals surface area contributed by atoms with Crippen LogP contribution in [0.25, 0.3) is 0 Å². The van der Waals surface area contributed by atoms with Gasteiger partial charge in [0.05, 0.1) is 18.5 Å². The zero-order valence-corrected chi connectivity index (χ0v) is 26.7. The summed E-state index contributed by atoms with van der Waals surface area (Å²) in [7, 11) is 1.59. The maximum absolute atomic E-state index is 13.6. The van der Waals surface area contributed by atoms with Crippen molar-refractivity contribution in [3.8, 4) is 5.75 Å². The molecule has 0 spiro atoms. The molecule has 2 bridgehead atoms. The van der Waals surface area contributed by atoms with Gasteiger partial charge in [-0.05, 0) is 79.3 Å². The minimum absolute atomic E-state index is 0.0512. The number of ether oxygens (including phenoxy) is 1. The standard InChI is InChI=1S/C38H41N5O4/c1-47-32-13-10-28(11-14-32)37(45)40-33-21-29(38(46)39-31-16-18-41(19-17-31)22-26-6-3-2-4-7-26)12-15-35(33)42-23-27-20-30(25-42)34-8-5-9-36(44)43(34)24-27/h2-15,21,27,30-31H,16-20,22-25H2,1H3,(H,39,46)(H,40,45)/t27-,30+/m1/s1. The van der Waals surface area contributed by atoms with Crippen molar-refractivity contribution >= 4 is 23.2 Å². The molecule has 9 heteroatoms. The van der Waals surface area contributed by atoms with E-state index in [1.807, 2.05) is 28.8 Å². The average Bonchev–Trinajstić information content (AvgIpc) is 3.10. The van der Waals surface area contributed by atoms with Crippen molar-refractivity contribution in [2.45, 2.75) is 44.3 Å². The first-order chi connectivity index (χ1) is 22.9. The number of nitrogens with zero attached hydrogens (tertiary/aromatic N) is 3. The monoisotopic (exact) mass is 631 g/mol. The Kier molecular flexibility index (Phi) is 8.80. The SMILES string of the molecule is COc1ccc(C(=O)Nc2cc(C(=O)NC3CCN(Cc4ccccc4)CC3)ccc2N2C[C@H]3C[C@@H](C2)c2cccc(=O)n2C3)cc1. The summed E-state index contributed by atoms with van der Waals surface area (Å²) < 4.78 is 7.18. The number of nitrogens with one attached hydrogen (secondary N) is 2. The van der Waals surface area contributed by atoms with Gasteiger partial charge in [-0.15, -0.1) is 0 Å². The summed E-state index contributed by atoms with van der Waals surface area (Å²) in [6, 6.07) is 28.7. The molecule has 0 unspecified atom stereocenters. The zero-order chi connectivity index (χ0) is 32.3. The van der Waals surface area contributed by atoms with E-state index in [9.17, 15) is 14.4 Å². The van der Waals surface area contributed by atoms with Gasteiger partial charge >= 0.3 is 0 Å². The van der Waals surface area contributed by atoms with E-state index >= 15 is 0 Å². The van der Waals surface area contributed by atoms with Crippen molar-refractivity contribution in [2.75, 3.05) is 43.5 Å². The summed E-state index contributed by atoms with van der Waals surface area (Å²) in [5.41, 5.74) is 4.90. The number of methoxy groups -OCH3 is 1. The summed E-state index contributed by atoms with van der Waals surface area (Å²) >= 11 is 0. The second-order valence-electron chi connectivity index (χ2n) is 13.0. The van der Waals surface area contributed by atoms with Crippen molar-refractivity contribution in [1.82, 2.24) is 14.8 Å². The highest BCUT2D eigenvalue weighted by atomic mass is 16.5. The third kappa shape index (κ3) is 6.81. The summed E-state index contributed by atoms with van der Waals surface area (Å²) in [6.45, 7) is 4.93. The fourth-order valence-electron chi connectivity index (χ4n) is 7.43. The summed E-state index contributed by atoms with van der Waals surface area (Å²) in [5.74, 6) is 0.790. The fraction of sp³-hybridized carbons (Fsp3) is 0.342. The number of likely N-dealkylation sites (tertiary alicyclic amines) is 1. The number of carbonyl (C=O) groups excluding carboxylic acids is 2. The number of pyridine rings is 1. The summed E-state index contributed by atoms with van der Waals surface area (Å²) in [6.07, 6.45) is 2.80. The Hall–Kier alpha value is -4.89. The third-order valence-corrected chi connectivity index (χ3v) is 9.85. The van der Waals surface area contributed by atoms with Gasteiger partial charge in [-0.2, -0.15) is 0 Å². The van der Waals surface area contributed by atoms with E-state index < -0.39 is 0 Å². The first-order valence-corrected chi connectivity index (χ1v) is 16.5. The molecule has 0 radical (unpaired) electrons. The van der Waals surface area contributed by atoms with Crippen LogP contribution in [0.15, 0.2) is 95.8 Å². The molecule has 4 heterocycles. The lowest BCUT2D eigenvalue weighted by atomic mass is 9.83. The molecule has 3 aromatic carbocycles. The molecule has 2 atom stereocenters. The number of aromatic nitrogens is 1. The van der Waals surface area contributed by atoms with Crippen LogP contribution in [0.4, 0.5) is 11.4 Å². The molecule has 0 saturated carbocycles. The fourth-order valence-corrected chi connectivity index (χ4v) is 7.43. The predicted octanol–water partition coefficient (Wildman–Crippen LogP) is 5.13. The van der Waals surface area contributed by atoms with Crippen LogP contribution in [-0.2, 0) is 13.1 Å². The van der Waals surface area contributed by atoms with Crippen LogP contribution in [0.3, 0.4) is 0 Å². The van der Waals surface area contributed by atoms with Crippen molar-refractivity contribution in [2.24, 2.45) is 5.92 Å². The van der Waals surface area contributed by atoms with Gasteiger partial charge in [-0.3, -0.25) is 19.3 Å². The third-order valence-electron chi connectivity index (χ3n) is 9.85. The highest BCUT2D eigenvalue weighted by molar-refractivity contribution is 6.07. The molecule has 9 nitrogen and oxygen atoms in total. The number of piperidine rings is 2. The predicted molar refractivity (Wildman–Crippen MR) is 183 cm³/mol. The van der Waals surface area contributed by atoms with E-state index in [0.29, 0.717) is 35.0 Å². The Morgan fingerprint density at radius 3 is 2.36 bits per heavy atom. The maximum atomic E-state index is 13.6. The van der Waals surface area contributed by atoms with Crippen molar-refractivity contribution < 1.29 is 14.3 Å². The molecule has 242 valence electrons. The first-order valence-electron chi connectivity index (χ1n) is 16.5. The quantitative estimate of drug-likeness (QED) is 0.280. The lowest BCUT2D eigenvalue weighted by Crippen LogP contribution is -2.47. The molecule has 1 aromatic heterocycles. The smallest absolute Gasteiger partial charge is 0.255 e. The Morgan fingerprint density at radius 2 is 1.60 bits per heavy atom. The summed E-state index contributed by atoms with van der Waals surface area (Å²) in [4.78, 5) is 44.4. The van der Waals surface area contributed by atoms with Gasteiger partial charge in [-0.25, -0.2) is 0 Å². The second-order valence-corrected chi connectivity index (χ2v) is 13.0. The molecule has 4 aromatic rings.